The molecule has 224 valence electrons. The Morgan fingerprint density at radius 3 is 2.58 bits per heavy atom. The Kier molecular flexibility index (Phi) is 9.75. The summed E-state index contributed by atoms with van der Waals surface area (Å²) in [5, 5.41) is 10.4. The van der Waals surface area contributed by atoms with Gasteiger partial charge in [0.15, 0.2) is 0 Å². The Hall–Kier alpha value is -4.19. The number of halogens is 1. The summed E-state index contributed by atoms with van der Waals surface area (Å²) in [6.07, 6.45) is 5.64. The second-order valence-corrected chi connectivity index (χ2v) is 12.4. The molecule has 2 amide bonds. The van der Waals surface area contributed by atoms with E-state index >= 15 is 0 Å². The summed E-state index contributed by atoms with van der Waals surface area (Å²) >= 11 is 6.15. The summed E-state index contributed by atoms with van der Waals surface area (Å²) in [6.45, 7) is 7.03. The summed E-state index contributed by atoms with van der Waals surface area (Å²) < 4.78 is 28.5. The third kappa shape index (κ3) is 7.61. The number of hydrogen-bond acceptors (Lipinski definition) is 7. The van der Waals surface area contributed by atoms with E-state index in [2.05, 4.69) is 32.7 Å². The van der Waals surface area contributed by atoms with Crippen LogP contribution in [-0.2, 0) is 10.0 Å². The van der Waals surface area contributed by atoms with E-state index < -0.39 is 16.1 Å². The van der Waals surface area contributed by atoms with Crippen LogP contribution in [0.2, 0.25) is 5.02 Å². The first kappa shape index (κ1) is 30.3. The van der Waals surface area contributed by atoms with Gasteiger partial charge in [0.25, 0.3) is 10.0 Å². The van der Waals surface area contributed by atoms with Gasteiger partial charge >= 0.3 is 6.03 Å². The fourth-order valence-electron chi connectivity index (χ4n) is 4.79. The minimum Gasteiger partial charge on any atom is -0.307 e. The number of urea groups is 1. The van der Waals surface area contributed by atoms with Crippen LogP contribution in [0.3, 0.4) is 0 Å². The predicted molar refractivity (Wildman–Crippen MR) is 172 cm³/mol. The topological polar surface area (TPSA) is 110 Å². The molecule has 43 heavy (non-hydrogen) atoms. The second-order valence-electron chi connectivity index (χ2n) is 10.2. The largest absolute Gasteiger partial charge is 0.338 e. The van der Waals surface area contributed by atoms with Crippen molar-refractivity contribution in [2.45, 2.75) is 24.7 Å². The molecule has 0 atom stereocenters. The molecule has 0 aliphatic carbocycles. The molecule has 1 saturated heterocycles. The Morgan fingerprint density at radius 2 is 1.81 bits per heavy atom. The number of carbonyl (C=O) groups excluding carboxylic acids is 1. The van der Waals surface area contributed by atoms with Gasteiger partial charge < -0.3 is 5.32 Å². The fraction of sp³-hybridized carbons (Fsp3) is 0.258. The minimum absolute atomic E-state index is 0.0126. The molecule has 1 aliphatic heterocycles. The average Bonchev–Trinajstić information content (AvgIpc) is 3.02. The highest BCUT2D eigenvalue weighted by Gasteiger charge is 2.28. The smallest absolute Gasteiger partial charge is 0.307 e. The number of sulfonamides is 1. The first-order valence-electron chi connectivity index (χ1n) is 14.2. The van der Waals surface area contributed by atoms with Gasteiger partial charge in [-0.05, 0) is 67.1 Å². The molecule has 0 radical (unpaired) electrons. The third-order valence-electron chi connectivity index (χ3n) is 7.08. The number of benzene rings is 3. The van der Waals surface area contributed by atoms with Gasteiger partial charge in [-0.15, -0.1) is 0 Å². The van der Waals surface area contributed by atoms with E-state index in [9.17, 15) is 13.2 Å². The molecular weight excluding hydrogens is 586 g/mol. The molecule has 4 aromatic rings. The number of hydrazine groups is 1. The van der Waals surface area contributed by atoms with Crippen molar-refractivity contribution in [1.29, 1.82) is 0 Å². The summed E-state index contributed by atoms with van der Waals surface area (Å²) in [4.78, 5) is 20.1. The van der Waals surface area contributed by atoms with Crippen molar-refractivity contribution in [1.82, 2.24) is 20.3 Å². The van der Waals surface area contributed by atoms with E-state index in [4.69, 9.17) is 11.6 Å². The van der Waals surface area contributed by atoms with E-state index in [0.29, 0.717) is 21.6 Å². The van der Waals surface area contributed by atoms with Crippen LogP contribution < -0.4 is 15.2 Å². The monoisotopic (exact) mass is 619 g/mol. The van der Waals surface area contributed by atoms with Crippen LogP contribution in [-0.4, -0.2) is 68.3 Å². The number of pyridine rings is 1. The lowest BCUT2D eigenvalue weighted by Gasteiger charge is -2.32. The highest BCUT2D eigenvalue weighted by molar-refractivity contribution is 7.92. The van der Waals surface area contributed by atoms with Gasteiger partial charge in [0, 0.05) is 48.5 Å². The van der Waals surface area contributed by atoms with Crippen molar-refractivity contribution < 1.29 is 13.2 Å². The number of aromatic nitrogens is 1. The highest BCUT2D eigenvalue weighted by Crippen LogP contribution is 2.30. The van der Waals surface area contributed by atoms with Crippen LogP contribution in [0.5, 0.6) is 0 Å². The van der Waals surface area contributed by atoms with Crippen LogP contribution in [0.1, 0.15) is 25.3 Å². The number of piperazine rings is 1. The number of anilines is 2. The average molecular weight is 620 g/mol. The van der Waals surface area contributed by atoms with Crippen LogP contribution in [0.15, 0.2) is 95.1 Å². The molecule has 2 heterocycles. The number of unbranched alkanes of at least 4 members (excludes halogenated alkanes) is 1. The number of nitrogens with one attached hydrogen (secondary N) is 2. The number of nitrogens with zero attached hydrogens (tertiary/aromatic N) is 5. The second kappa shape index (κ2) is 13.9. The van der Waals surface area contributed by atoms with Gasteiger partial charge in [0.05, 0.1) is 22.3 Å². The van der Waals surface area contributed by atoms with Gasteiger partial charge in [0.2, 0.25) is 0 Å². The molecule has 0 saturated carbocycles. The molecule has 1 aromatic heterocycles. The lowest BCUT2D eigenvalue weighted by molar-refractivity contribution is 0.135. The summed E-state index contributed by atoms with van der Waals surface area (Å²) in [7, 11) is -4.21. The molecule has 0 bridgehead atoms. The van der Waals surface area contributed by atoms with Crippen molar-refractivity contribution in [3.05, 3.63) is 95.6 Å². The van der Waals surface area contributed by atoms with Crippen molar-refractivity contribution in [2.24, 2.45) is 5.10 Å². The standard InChI is InChI=1S/C31H34ClN7O3S/c1-2-3-16-37-17-19-38(20-18-37)34-23-24-8-7-9-26(21-24)35-31(40)36-39(43(41,42)27-10-5-4-6-11-27)30-14-15-33-29-22-25(32)12-13-28(29)30/h4-15,21-23H,2-3,16-20H2,1H3,(H2,35,36,40)/b34-23+. The van der Waals surface area contributed by atoms with E-state index in [1.54, 1.807) is 60.8 Å². The summed E-state index contributed by atoms with van der Waals surface area (Å²) in [5.41, 5.74) is 4.52. The predicted octanol–water partition coefficient (Wildman–Crippen LogP) is 5.57. The van der Waals surface area contributed by atoms with Crippen LogP contribution in [0.25, 0.3) is 10.9 Å². The Bertz CT molecular complexity index is 1690. The number of rotatable bonds is 10. The van der Waals surface area contributed by atoms with Gasteiger partial charge in [-0.2, -0.15) is 17.9 Å². The SMILES string of the molecule is CCCCN1CCN(/N=C/c2cccc(NC(=O)NN(c3ccnc4cc(Cl)ccc34)S(=O)(=O)c3ccccc3)c2)CC1. The van der Waals surface area contributed by atoms with Crippen LogP contribution >= 0.6 is 11.6 Å². The van der Waals surface area contributed by atoms with E-state index in [1.807, 2.05) is 11.1 Å². The van der Waals surface area contributed by atoms with Gasteiger partial charge in [-0.1, -0.05) is 55.3 Å². The van der Waals surface area contributed by atoms with Crippen molar-refractivity contribution in [3.63, 3.8) is 0 Å². The van der Waals surface area contributed by atoms with Crippen molar-refractivity contribution in [3.8, 4) is 0 Å². The lowest BCUT2D eigenvalue weighted by atomic mass is 10.2. The van der Waals surface area contributed by atoms with Crippen LogP contribution in [0.4, 0.5) is 16.2 Å². The molecule has 1 fully saturated rings. The third-order valence-corrected chi connectivity index (χ3v) is 8.95. The normalized spacial score (nSPS) is 14.2. The molecule has 2 N–H and O–H groups in total. The number of carbonyl (C=O) groups is 1. The lowest BCUT2D eigenvalue weighted by Crippen LogP contribution is -2.48. The molecule has 5 rings (SSSR count). The molecular formula is C31H34ClN7O3S. The number of amides is 2. The molecule has 10 nitrogen and oxygen atoms in total. The maximum atomic E-state index is 13.8. The zero-order chi connectivity index (χ0) is 30.2. The zero-order valence-corrected chi connectivity index (χ0v) is 25.4. The summed E-state index contributed by atoms with van der Waals surface area (Å²) in [6, 6.07) is 20.8. The first-order chi connectivity index (χ1) is 20.8. The molecule has 1 aliphatic rings. The van der Waals surface area contributed by atoms with E-state index in [-0.39, 0.29) is 10.6 Å². The molecule has 0 spiro atoms. The van der Waals surface area contributed by atoms with Crippen molar-refractivity contribution >= 4 is 56.1 Å². The fourth-order valence-corrected chi connectivity index (χ4v) is 6.28. The first-order valence-corrected chi connectivity index (χ1v) is 16.0. The zero-order valence-electron chi connectivity index (χ0n) is 23.9. The summed E-state index contributed by atoms with van der Waals surface area (Å²) in [5.74, 6) is 0. The number of fused-ring (bicyclic) bond motifs is 1. The maximum absolute atomic E-state index is 13.8. The van der Waals surface area contributed by atoms with E-state index in [0.717, 1.165) is 42.7 Å². The van der Waals surface area contributed by atoms with Crippen LogP contribution in [0, 0.1) is 0 Å². The minimum atomic E-state index is -4.21. The van der Waals surface area contributed by atoms with Gasteiger partial charge in [-0.3, -0.25) is 14.9 Å². The molecule has 3 aromatic carbocycles. The van der Waals surface area contributed by atoms with Gasteiger partial charge in [-0.25, -0.2) is 10.2 Å². The maximum Gasteiger partial charge on any atom is 0.338 e. The Morgan fingerprint density at radius 1 is 1.02 bits per heavy atom. The van der Waals surface area contributed by atoms with E-state index in [1.165, 1.54) is 37.2 Å². The Labute approximate surface area is 257 Å². The Balaban J connectivity index is 1.33. The quantitative estimate of drug-likeness (QED) is 0.177. The van der Waals surface area contributed by atoms with Gasteiger partial charge in [0.1, 0.15) is 0 Å². The highest BCUT2D eigenvalue weighted by atomic mass is 35.5. The molecule has 12 heteroatoms. The number of hydrazone groups is 1. The number of hydrogen-bond donors (Lipinski definition) is 2. The van der Waals surface area contributed by atoms with Crippen molar-refractivity contribution in [2.75, 3.05) is 42.5 Å². The molecule has 0 unspecified atom stereocenters.